The molecule has 0 aliphatic heterocycles. The highest BCUT2D eigenvalue weighted by molar-refractivity contribution is 7.09. The Balaban J connectivity index is 1.78. The third-order valence-corrected chi connectivity index (χ3v) is 5.47. The number of nitrogens with one attached hydrogen (secondary N) is 2. The van der Waals surface area contributed by atoms with Gasteiger partial charge in [-0.3, -0.25) is 14.5 Å². The first kappa shape index (κ1) is 21.1. The van der Waals surface area contributed by atoms with E-state index in [1.54, 1.807) is 11.3 Å². The van der Waals surface area contributed by atoms with E-state index in [2.05, 4.69) is 36.6 Å². The molecule has 0 saturated carbocycles. The van der Waals surface area contributed by atoms with Crippen molar-refractivity contribution in [2.45, 2.75) is 39.7 Å². The number of carbonyl (C=O) groups excluding carboxylic acids is 2. The highest BCUT2D eigenvalue weighted by atomic mass is 32.1. The largest absolute Gasteiger partial charge is 0.350 e. The minimum Gasteiger partial charge on any atom is -0.350 e. The van der Waals surface area contributed by atoms with Crippen LogP contribution in [0.25, 0.3) is 0 Å². The first-order chi connectivity index (χ1) is 13.0. The number of anilines is 1. The Labute approximate surface area is 165 Å². The van der Waals surface area contributed by atoms with Crippen LogP contribution in [0.3, 0.4) is 0 Å². The van der Waals surface area contributed by atoms with Crippen LogP contribution in [0.2, 0.25) is 0 Å². The highest BCUT2D eigenvalue weighted by Crippen LogP contribution is 2.20. The van der Waals surface area contributed by atoms with Gasteiger partial charge >= 0.3 is 0 Å². The smallest absolute Gasteiger partial charge is 0.238 e. The van der Waals surface area contributed by atoms with Gasteiger partial charge in [0.2, 0.25) is 11.8 Å². The van der Waals surface area contributed by atoms with Crippen molar-refractivity contribution in [3.8, 4) is 0 Å². The lowest BCUT2D eigenvalue weighted by molar-refractivity contribution is -0.123. The number of likely N-dealkylation sites (N-methyl/N-ethyl adjacent to an activating group) is 1. The molecule has 1 aromatic heterocycles. The van der Waals surface area contributed by atoms with E-state index in [-0.39, 0.29) is 24.9 Å². The van der Waals surface area contributed by atoms with E-state index in [1.165, 1.54) is 5.56 Å². The second-order valence-electron chi connectivity index (χ2n) is 6.64. The van der Waals surface area contributed by atoms with Crippen LogP contribution < -0.4 is 10.6 Å². The predicted octanol–water partition coefficient (Wildman–Crippen LogP) is 3.84. The average molecular weight is 388 g/mol. The summed E-state index contributed by atoms with van der Waals surface area (Å²) < 4.78 is 0. The van der Waals surface area contributed by atoms with E-state index in [1.807, 2.05) is 41.5 Å². The number of thiophene rings is 1. The molecule has 2 N–H and O–H groups in total. The molecule has 0 saturated heterocycles. The van der Waals surface area contributed by atoms with Gasteiger partial charge < -0.3 is 10.6 Å². The maximum absolute atomic E-state index is 12.3. The molecule has 0 fully saturated rings. The van der Waals surface area contributed by atoms with Crippen molar-refractivity contribution in [1.29, 1.82) is 0 Å². The predicted molar refractivity (Wildman–Crippen MR) is 112 cm³/mol. The summed E-state index contributed by atoms with van der Waals surface area (Å²) in [6.07, 6.45) is 1.09. The molecule has 5 nitrogen and oxygen atoms in total. The fourth-order valence-corrected chi connectivity index (χ4v) is 3.32. The second kappa shape index (κ2) is 10.8. The molecule has 1 aromatic carbocycles. The topological polar surface area (TPSA) is 61.4 Å². The molecule has 1 atom stereocenters. The summed E-state index contributed by atoms with van der Waals surface area (Å²) in [4.78, 5) is 27.3. The maximum Gasteiger partial charge on any atom is 0.238 e. The lowest BCUT2D eigenvalue weighted by Crippen LogP contribution is -2.40. The van der Waals surface area contributed by atoms with E-state index in [0.29, 0.717) is 19.0 Å². The molecular formula is C21H29N3O2S. The Morgan fingerprint density at radius 1 is 1.07 bits per heavy atom. The van der Waals surface area contributed by atoms with Crippen LogP contribution in [0.15, 0.2) is 41.8 Å². The summed E-state index contributed by atoms with van der Waals surface area (Å²) in [6.45, 7) is 7.86. The van der Waals surface area contributed by atoms with Crippen molar-refractivity contribution < 1.29 is 9.59 Å². The Kier molecular flexibility index (Phi) is 8.48. The van der Waals surface area contributed by atoms with Gasteiger partial charge in [-0.1, -0.05) is 39.0 Å². The third-order valence-electron chi connectivity index (χ3n) is 4.60. The molecule has 0 bridgehead atoms. The van der Waals surface area contributed by atoms with Crippen molar-refractivity contribution in [1.82, 2.24) is 10.2 Å². The number of hydrogen-bond donors (Lipinski definition) is 2. The Bertz CT molecular complexity index is 714. The van der Waals surface area contributed by atoms with Gasteiger partial charge in [-0.25, -0.2) is 0 Å². The van der Waals surface area contributed by atoms with E-state index >= 15 is 0 Å². The number of nitrogens with zero attached hydrogens (tertiary/aromatic N) is 1. The molecule has 1 heterocycles. The molecule has 27 heavy (non-hydrogen) atoms. The second-order valence-corrected chi connectivity index (χ2v) is 7.67. The summed E-state index contributed by atoms with van der Waals surface area (Å²) in [6, 6.07) is 11.9. The molecule has 146 valence electrons. The summed E-state index contributed by atoms with van der Waals surface area (Å²) in [7, 11) is 0. The molecule has 0 aliphatic rings. The van der Waals surface area contributed by atoms with Crippen LogP contribution in [0.1, 0.15) is 43.6 Å². The minimum absolute atomic E-state index is 0.0732. The van der Waals surface area contributed by atoms with Crippen molar-refractivity contribution in [2.24, 2.45) is 0 Å². The lowest BCUT2D eigenvalue weighted by Gasteiger charge is -2.19. The molecular weight excluding hydrogens is 358 g/mol. The van der Waals surface area contributed by atoms with Crippen LogP contribution in [0, 0.1) is 0 Å². The van der Waals surface area contributed by atoms with E-state index in [4.69, 9.17) is 0 Å². The molecule has 2 aromatic rings. The van der Waals surface area contributed by atoms with Gasteiger partial charge in [0.1, 0.15) is 0 Å². The number of amides is 2. The van der Waals surface area contributed by atoms with Crippen molar-refractivity contribution in [3.05, 3.63) is 52.2 Å². The van der Waals surface area contributed by atoms with E-state index in [9.17, 15) is 9.59 Å². The normalized spacial score (nSPS) is 12.0. The van der Waals surface area contributed by atoms with Gasteiger partial charge in [-0.05, 0) is 48.0 Å². The van der Waals surface area contributed by atoms with Gasteiger partial charge in [0.05, 0.1) is 19.6 Å². The molecule has 0 aliphatic carbocycles. The first-order valence-corrected chi connectivity index (χ1v) is 10.3. The standard InChI is InChI=1S/C21H29N3O2S/c1-4-16(3)17-8-10-18(11-9-17)23-21(26)15-24(5-2)14-20(25)22-13-19-7-6-12-27-19/h6-12,16H,4-5,13-15H2,1-3H3,(H,22,25)(H,23,26)/t16-/m1/s1. The van der Waals surface area contributed by atoms with Gasteiger partial charge in [0, 0.05) is 10.6 Å². The number of rotatable bonds is 10. The zero-order chi connectivity index (χ0) is 19.6. The average Bonchev–Trinajstić information content (AvgIpc) is 3.19. The highest BCUT2D eigenvalue weighted by Gasteiger charge is 2.13. The lowest BCUT2D eigenvalue weighted by atomic mass is 9.99. The first-order valence-electron chi connectivity index (χ1n) is 9.43. The maximum atomic E-state index is 12.3. The number of hydrogen-bond acceptors (Lipinski definition) is 4. The molecule has 0 spiro atoms. The molecule has 2 amide bonds. The van der Waals surface area contributed by atoms with Crippen LogP contribution in [0.4, 0.5) is 5.69 Å². The van der Waals surface area contributed by atoms with Gasteiger partial charge in [0.15, 0.2) is 0 Å². The van der Waals surface area contributed by atoms with Gasteiger partial charge in [-0.15, -0.1) is 11.3 Å². The third kappa shape index (κ3) is 7.15. The molecule has 0 radical (unpaired) electrons. The van der Waals surface area contributed by atoms with Gasteiger partial charge in [0.25, 0.3) is 0 Å². The zero-order valence-corrected chi connectivity index (χ0v) is 17.1. The van der Waals surface area contributed by atoms with Crippen molar-refractivity contribution >= 4 is 28.8 Å². The Hall–Kier alpha value is -2.18. The van der Waals surface area contributed by atoms with Crippen LogP contribution in [-0.4, -0.2) is 36.3 Å². The Morgan fingerprint density at radius 3 is 2.37 bits per heavy atom. The van der Waals surface area contributed by atoms with Crippen molar-refractivity contribution in [2.75, 3.05) is 25.0 Å². The van der Waals surface area contributed by atoms with Crippen LogP contribution in [-0.2, 0) is 16.1 Å². The number of carbonyl (C=O) groups is 2. The fraction of sp³-hybridized carbons (Fsp3) is 0.429. The van der Waals surface area contributed by atoms with E-state index in [0.717, 1.165) is 17.0 Å². The van der Waals surface area contributed by atoms with Crippen molar-refractivity contribution in [3.63, 3.8) is 0 Å². The zero-order valence-electron chi connectivity index (χ0n) is 16.3. The Morgan fingerprint density at radius 2 is 1.78 bits per heavy atom. The monoisotopic (exact) mass is 387 g/mol. The van der Waals surface area contributed by atoms with Gasteiger partial charge in [-0.2, -0.15) is 0 Å². The van der Waals surface area contributed by atoms with Crippen LogP contribution in [0.5, 0.6) is 0 Å². The summed E-state index contributed by atoms with van der Waals surface area (Å²) in [5.74, 6) is 0.327. The molecule has 0 unspecified atom stereocenters. The minimum atomic E-state index is -0.112. The van der Waals surface area contributed by atoms with E-state index < -0.39 is 0 Å². The molecule has 2 rings (SSSR count). The SMILES string of the molecule is CC[C@@H](C)c1ccc(NC(=O)CN(CC)CC(=O)NCc2cccs2)cc1. The molecule has 6 heteroatoms. The quantitative estimate of drug-likeness (QED) is 0.651. The van der Waals surface area contributed by atoms with Crippen LogP contribution >= 0.6 is 11.3 Å². The fourth-order valence-electron chi connectivity index (χ4n) is 2.67. The summed E-state index contributed by atoms with van der Waals surface area (Å²) in [5, 5.41) is 7.79. The summed E-state index contributed by atoms with van der Waals surface area (Å²) in [5.41, 5.74) is 2.05. The number of benzene rings is 1. The summed E-state index contributed by atoms with van der Waals surface area (Å²) >= 11 is 1.61.